The molecule has 1 saturated carbocycles. The lowest BCUT2D eigenvalue weighted by Gasteiger charge is -2.23. The van der Waals surface area contributed by atoms with E-state index >= 15 is 0 Å². The summed E-state index contributed by atoms with van der Waals surface area (Å²) in [6, 6.07) is 0.396. The maximum Gasteiger partial charge on any atom is 0.0584 e. The molecule has 0 bridgehead atoms. The minimum Gasteiger partial charge on any atom is -0.395 e. The van der Waals surface area contributed by atoms with E-state index in [9.17, 15) is 0 Å². The van der Waals surface area contributed by atoms with Crippen molar-refractivity contribution in [1.82, 2.24) is 4.90 Å². The summed E-state index contributed by atoms with van der Waals surface area (Å²) in [4.78, 5) is 2.40. The van der Waals surface area contributed by atoms with Gasteiger partial charge in [-0.25, -0.2) is 0 Å². The molecule has 0 aromatic rings. The number of hydrogen-bond donors (Lipinski definition) is 1. The average molecular weight is 141 g/mol. The van der Waals surface area contributed by atoms with E-state index < -0.39 is 0 Å². The largest absolute Gasteiger partial charge is 0.395 e. The SMILES string of the molecule is CC(CO)N1CC2CC2C1. The van der Waals surface area contributed by atoms with Crippen LogP contribution in [0.4, 0.5) is 0 Å². The molecular formula is C8H15NO. The topological polar surface area (TPSA) is 23.5 Å². The zero-order valence-corrected chi connectivity index (χ0v) is 6.45. The van der Waals surface area contributed by atoms with Crippen molar-refractivity contribution in [3.05, 3.63) is 0 Å². The van der Waals surface area contributed by atoms with Crippen molar-refractivity contribution in [2.24, 2.45) is 11.8 Å². The summed E-state index contributed by atoms with van der Waals surface area (Å²) in [5.74, 6) is 1.99. The van der Waals surface area contributed by atoms with Crippen molar-refractivity contribution in [3.8, 4) is 0 Å². The summed E-state index contributed by atoms with van der Waals surface area (Å²) < 4.78 is 0. The highest BCUT2D eigenvalue weighted by atomic mass is 16.3. The van der Waals surface area contributed by atoms with Gasteiger partial charge in [0.25, 0.3) is 0 Å². The third kappa shape index (κ3) is 0.956. The maximum atomic E-state index is 8.85. The van der Waals surface area contributed by atoms with E-state index in [1.165, 1.54) is 19.5 Å². The summed E-state index contributed by atoms with van der Waals surface area (Å²) in [6.45, 7) is 4.91. The van der Waals surface area contributed by atoms with Crippen LogP contribution in [0, 0.1) is 11.8 Å². The first-order valence-corrected chi connectivity index (χ1v) is 4.16. The van der Waals surface area contributed by atoms with Crippen molar-refractivity contribution in [2.75, 3.05) is 19.7 Å². The van der Waals surface area contributed by atoms with Crippen molar-refractivity contribution in [2.45, 2.75) is 19.4 Å². The molecule has 58 valence electrons. The number of piperidine rings is 1. The van der Waals surface area contributed by atoms with Crippen LogP contribution in [0.5, 0.6) is 0 Å². The van der Waals surface area contributed by atoms with Crippen LogP contribution in [0.25, 0.3) is 0 Å². The van der Waals surface area contributed by atoms with Crippen LogP contribution in [0.3, 0.4) is 0 Å². The van der Waals surface area contributed by atoms with Crippen LogP contribution in [-0.4, -0.2) is 35.7 Å². The Morgan fingerprint density at radius 3 is 2.60 bits per heavy atom. The van der Waals surface area contributed by atoms with E-state index in [1.807, 2.05) is 0 Å². The molecule has 0 radical (unpaired) electrons. The molecule has 10 heavy (non-hydrogen) atoms. The zero-order valence-electron chi connectivity index (χ0n) is 6.45. The molecule has 3 unspecified atom stereocenters. The van der Waals surface area contributed by atoms with Gasteiger partial charge in [0.2, 0.25) is 0 Å². The number of nitrogens with zero attached hydrogens (tertiary/aromatic N) is 1. The first-order chi connectivity index (χ1) is 4.81. The molecular weight excluding hydrogens is 126 g/mol. The average Bonchev–Trinajstić information content (AvgIpc) is 2.57. The van der Waals surface area contributed by atoms with Gasteiger partial charge in [0, 0.05) is 19.1 Å². The molecule has 1 heterocycles. The van der Waals surface area contributed by atoms with Gasteiger partial charge < -0.3 is 5.11 Å². The fourth-order valence-corrected chi connectivity index (χ4v) is 1.91. The Morgan fingerprint density at radius 1 is 1.50 bits per heavy atom. The van der Waals surface area contributed by atoms with Crippen LogP contribution >= 0.6 is 0 Å². The second kappa shape index (κ2) is 2.21. The quantitative estimate of drug-likeness (QED) is 0.598. The molecule has 2 aliphatic rings. The normalized spacial score (nSPS) is 41.4. The van der Waals surface area contributed by atoms with E-state index in [0.717, 1.165) is 11.8 Å². The molecule has 0 aromatic carbocycles. The predicted molar refractivity (Wildman–Crippen MR) is 39.7 cm³/mol. The fourth-order valence-electron chi connectivity index (χ4n) is 1.91. The van der Waals surface area contributed by atoms with E-state index in [1.54, 1.807) is 0 Å². The summed E-state index contributed by atoms with van der Waals surface area (Å²) in [7, 11) is 0. The van der Waals surface area contributed by atoms with Crippen LogP contribution < -0.4 is 0 Å². The van der Waals surface area contributed by atoms with Crippen molar-refractivity contribution < 1.29 is 5.11 Å². The van der Waals surface area contributed by atoms with Crippen molar-refractivity contribution >= 4 is 0 Å². The lowest BCUT2D eigenvalue weighted by Crippen LogP contribution is -2.34. The molecule has 1 aliphatic carbocycles. The Hall–Kier alpha value is -0.0800. The number of likely N-dealkylation sites (tertiary alicyclic amines) is 1. The predicted octanol–water partition coefficient (Wildman–Crippen LogP) is 0.319. The summed E-state index contributed by atoms with van der Waals surface area (Å²) in [5, 5.41) is 8.85. The van der Waals surface area contributed by atoms with Gasteiger partial charge in [-0.05, 0) is 25.2 Å². The van der Waals surface area contributed by atoms with Crippen LogP contribution in [-0.2, 0) is 0 Å². The first kappa shape index (κ1) is 6.62. The number of aliphatic hydroxyl groups excluding tert-OH is 1. The highest BCUT2D eigenvalue weighted by Crippen LogP contribution is 2.45. The van der Waals surface area contributed by atoms with Gasteiger partial charge in [-0.15, -0.1) is 0 Å². The smallest absolute Gasteiger partial charge is 0.0584 e. The molecule has 2 heteroatoms. The molecule has 1 aliphatic heterocycles. The minimum absolute atomic E-state index is 0.319. The zero-order chi connectivity index (χ0) is 7.14. The Bertz CT molecular complexity index is 127. The third-order valence-electron chi connectivity index (χ3n) is 2.89. The number of fused-ring (bicyclic) bond motifs is 1. The molecule has 1 saturated heterocycles. The number of hydrogen-bond acceptors (Lipinski definition) is 2. The van der Waals surface area contributed by atoms with Crippen LogP contribution in [0.15, 0.2) is 0 Å². The van der Waals surface area contributed by atoms with Gasteiger partial charge in [0.05, 0.1) is 6.61 Å². The standard InChI is InChI=1S/C8H15NO/c1-6(5-10)9-3-7-2-8(7)4-9/h6-8,10H,2-5H2,1H3. The maximum absolute atomic E-state index is 8.85. The molecule has 0 aromatic heterocycles. The fraction of sp³-hybridized carbons (Fsp3) is 1.00. The molecule has 3 atom stereocenters. The van der Waals surface area contributed by atoms with Crippen LogP contribution in [0.2, 0.25) is 0 Å². The first-order valence-electron chi connectivity index (χ1n) is 4.16. The monoisotopic (exact) mass is 141 g/mol. The Balaban J connectivity index is 1.84. The number of rotatable bonds is 2. The van der Waals surface area contributed by atoms with Gasteiger partial charge in [-0.2, -0.15) is 0 Å². The molecule has 2 rings (SSSR count). The van der Waals surface area contributed by atoms with Crippen LogP contribution in [0.1, 0.15) is 13.3 Å². The molecule has 2 nitrogen and oxygen atoms in total. The highest BCUT2D eigenvalue weighted by molar-refractivity contribution is 4.97. The van der Waals surface area contributed by atoms with Gasteiger partial charge >= 0.3 is 0 Å². The minimum atomic E-state index is 0.319. The third-order valence-corrected chi connectivity index (χ3v) is 2.89. The van der Waals surface area contributed by atoms with E-state index in [4.69, 9.17) is 5.11 Å². The summed E-state index contributed by atoms with van der Waals surface area (Å²) >= 11 is 0. The van der Waals surface area contributed by atoms with Gasteiger partial charge in [-0.3, -0.25) is 4.90 Å². The molecule has 1 N–H and O–H groups in total. The van der Waals surface area contributed by atoms with E-state index in [2.05, 4.69) is 11.8 Å². The summed E-state index contributed by atoms with van der Waals surface area (Å²) in [6.07, 6.45) is 1.45. The lowest BCUT2D eigenvalue weighted by molar-refractivity contribution is 0.147. The van der Waals surface area contributed by atoms with Gasteiger partial charge in [-0.1, -0.05) is 0 Å². The highest BCUT2D eigenvalue weighted by Gasteiger charge is 2.45. The van der Waals surface area contributed by atoms with E-state index in [-0.39, 0.29) is 0 Å². The Labute approximate surface area is 61.8 Å². The lowest BCUT2D eigenvalue weighted by atomic mass is 10.3. The van der Waals surface area contributed by atoms with E-state index in [0.29, 0.717) is 12.6 Å². The number of aliphatic hydroxyl groups is 1. The second-order valence-electron chi connectivity index (χ2n) is 3.74. The second-order valence-corrected chi connectivity index (χ2v) is 3.74. The Morgan fingerprint density at radius 2 is 2.10 bits per heavy atom. The molecule has 0 spiro atoms. The Kier molecular flexibility index (Phi) is 1.46. The van der Waals surface area contributed by atoms with Gasteiger partial charge in [0.15, 0.2) is 0 Å². The molecule has 0 amide bonds. The van der Waals surface area contributed by atoms with Crippen molar-refractivity contribution in [1.29, 1.82) is 0 Å². The molecule has 2 fully saturated rings. The van der Waals surface area contributed by atoms with Gasteiger partial charge in [0.1, 0.15) is 0 Å². The summed E-state index contributed by atoms with van der Waals surface area (Å²) in [5.41, 5.74) is 0. The van der Waals surface area contributed by atoms with Crippen molar-refractivity contribution in [3.63, 3.8) is 0 Å².